The second-order valence-electron chi connectivity index (χ2n) is 5.77. The normalized spacial score (nSPS) is 16.1. The lowest BCUT2D eigenvalue weighted by Crippen LogP contribution is -2.41. The lowest BCUT2D eigenvalue weighted by molar-refractivity contribution is -0.387. The van der Waals surface area contributed by atoms with Gasteiger partial charge in [-0.2, -0.15) is 0 Å². The number of rotatable bonds is 6. The van der Waals surface area contributed by atoms with Gasteiger partial charge in [0, 0.05) is 24.0 Å². The monoisotopic (exact) mass is 391 g/mol. The number of amides is 2. The number of carbonyl (C=O) groups is 2. The maximum Gasteiger partial charge on any atom is 0.305 e. The third kappa shape index (κ3) is 4.86. The third-order valence-corrected chi connectivity index (χ3v) is 5.10. The zero-order valence-corrected chi connectivity index (χ0v) is 15.0. The molecule has 0 saturated carbocycles. The number of nitrogens with one attached hydrogen (secondary N) is 2. The Kier molecular flexibility index (Phi) is 6.09. The third-order valence-electron chi connectivity index (χ3n) is 3.90. The van der Waals surface area contributed by atoms with Gasteiger partial charge in [-0.3, -0.25) is 30.6 Å². The molecule has 2 aromatic rings. The largest absolute Gasteiger partial charge is 0.459 e. The summed E-state index contributed by atoms with van der Waals surface area (Å²) in [5.41, 5.74) is 4.28. The molecule has 2 amide bonds. The van der Waals surface area contributed by atoms with Crippen molar-refractivity contribution in [1.29, 1.82) is 0 Å². The van der Waals surface area contributed by atoms with Crippen LogP contribution in [0.25, 0.3) is 0 Å². The first kappa shape index (κ1) is 18.9. The van der Waals surface area contributed by atoms with E-state index < -0.39 is 16.7 Å². The van der Waals surface area contributed by atoms with Crippen molar-refractivity contribution in [2.75, 3.05) is 12.4 Å². The van der Waals surface area contributed by atoms with Crippen molar-refractivity contribution in [1.82, 2.24) is 10.9 Å². The number of nitro benzene ring substituents is 1. The van der Waals surface area contributed by atoms with E-state index in [9.17, 15) is 19.7 Å². The molecule has 10 heteroatoms. The number of ether oxygens (including phenoxy) is 1. The molecule has 9 nitrogen and oxygen atoms in total. The molecule has 27 heavy (non-hydrogen) atoms. The Balaban J connectivity index is 1.64. The Bertz CT molecular complexity index is 833. The van der Waals surface area contributed by atoms with Crippen molar-refractivity contribution >= 4 is 29.3 Å². The van der Waals surface area contributed by atoms with E-state index in [1.807, 2.05) is 0 Å². The highest BCUT2D eigenvalue weighted by Gasteiger charge is 2.21. The van der Waals surface area contributed by atoms with Gasteiger partial charge < -0.3 is 9.15 Å². The van der Waals surface area contributed by atoms with E-state index in [0.29, 0.717) is 10.6 Å². The van der Waals surface area contributed by atoms with E-state index in [0.717, 1.165) is 19.4 Å². The van der Waals surface area contributed by atoms with Crippen LogP contribution >= 0.6 is 11.8 Å². The first-order chi connectivity index (χ1) is 13.0. The van der Waals surface area contributed by atoms with Gasteiger partial charge in [-0.25, -0.2) is 0 Å². The van der Waals surface area contributed by atoms with Crippen LogP contribution in [0.4, 0.5) is 5.69 Å². The van der Waals surface area contributed by atoms with Gasteiger partial charge in [0.05, 0.1) is 22.2 Å². The van der Waals surface area contributed by atoms with Crippen LogP contribution in [0.3, 0.4) is 0 Å². The lowest BCUT2D eigenvalue weighted by Gasteiger charge is -2.10. The van der Waals surface area contributed by atoms with Crippen LogP contribution in [0.2, 0.25) is 0 Å². The van der Waals surface area contributed by atoms with Crippen molar-refractivity contribution in [3.63, 3.8) is 0 Å². The second kappa shape index (κ2) is 8.69. The zero-order chi connectivity index (χ0) is 19.2. The molecule has 0 bridgehead atoms. The number of nitro groups is 1. The minimum Gasteiger partial charge on any atom is -0.459 e. The Morgan fingerprint density at radius 1 is 1.26 bits per heavy atom. The Labute approximate surface area is 158 Å². The van der Waals surface area contributed by atoms with Crippen molar-refractivity contribution < 1.29 is 23.7 Å². The molecule has 1 saturated heterocycles. The number of hydrogen-bond acceptors (Lipinski definition) is 7. The minimum atomic E-state index is -0.673. The van der Waals surface area contributed by atoms with Gasteiger partial charge in [0.15, 0.2) is 5.76 Å². The zero-order valence-electron chi connectivity index (χ0n) is 14.2. The summed E-state index contributed by atoms with van der Waals surface area (Å²) in [5, 5.41) is 11.4. The smallest absolute Gasteiger partial charge is 0.305 e. The number of thioether (sulfide) groups is 1. The number of hydrazine groups is 1. The Morgan fingerprint density at radius 3 is 2.74 bits per heavy atom. The van der Waals surface area contributed by atoms with Crippen LogP contribution in [0.1, 0.15) is 33.8 Å². The second-order valence-corrected chi connectivity index (χ2v) is 6.83. The number of carbonyl (C=O) groups excluding carboxylic acids is 2. The fourth-order valence-electron chi connectivity index (χ4n) is 2.54. The summed E-state index contributed by atoms with van der Waals surface area (Å²) in [7, 11) is 0. The number of benzene rings is 1. The van der Waals surface area contributed by atoms with Gasteiger partial charge >= 0.3 is 5.91 Å². The molecule has 0 spiro atoms. The molecule has 1 unspecified atom stereocenters. The first-order valence-electron chi connectivity index (χ1n) is 8.21. The topological polar surface area (TPSA) is 124 Å². The van der Waals surface area contributed by atoms with Crippen molar-refractivity contribution in [2.45, 2.75) is 23.8 Å². The fourth-order valence-corrected chi connectivity index (χ4v) is 3.61. The van der Waals surface area contributed by atoms with Crippen molar-refractivity contribution in [2.24, 2.45) is 0 Å². The molecule has 3 rings (SSSR count). The predicted octanol–water partition coefficient (Wildman–Crippen LogP) is 2.53. The quantitative estimate of drug-likeness (QED) is 0.440. The van der Waals surface area contributed by atoms with Crippen molar-refractivity contribution in [3.05, 3.63) is 58.0 Å². The van der Waals surface area contributed by atoms with Gasteiger partial charge in [0.25, 0.3) is 11.6 Å². The standard InChI is InChI=1S/C17H17N3O6S/c21-16(18-19-17(22)14-4-2-8-26-14)11-5-6-15(13(9-11)20(23)24)27-10-12-3-1-7-25-12/h2,4-6,8-9,12H,1,3,7,10H2,(H,18,21)(H,19,22). The van der Waals surface area contributed by atoms with Gasteiger partial charge in [-0.15, -0.1) is 11.8 Å². The fraction of sp³-hybridized carbons (Fsp3) is 0.294. The molecule has 1 fully saturated rings. The molecule has 1 aliphatic rings. The van der Waals surface area contributed by atoms with Gasteiger partial charge in [0.2, 0.25) is 0 Å². The highest BCUT2D eigenvalue weighted by atomic mass is 32.2. The maximum atomic E-state index is 12.2. The van der Waals surface area contributed by atoms with E-state index >= 15 is 0 Å². The molecule has 142 valence electrons. The van der Waals surface area contributed by atoms with Crippen LogP contribution in [0.15, 0.2) is 45.9 Å². The van der Waals surface area contributed by atoms with Gasteiger partial charge in [0.1, 0.15) is 0 Å². The molecule has 0 radical (unpaired) electrons. The highest BCUT2D eigenvalue weighted by molar-refractivity contribution is 7.99. The van der Waals surface area contributed by atoms with Crippen LogP contribution in [-0.4, -0.2) is 35.2 Å². The van der Waals surface area contributed by atoms with Gasteiger partial charge in [-0.1, -0.05) is 0 Å². The molecule has 1 aromatic heterocycles. The Hall–Kier alpha value is -2.85. The molecular weight excluding hydrogens is 374 g/mol. The number of nitrogens with zero attached hydrogens (tertiary/aromatic N) is 1. The molecule has 0 aliphatic carbocycles. The van der Waals surface area contributed by atoms with Crippen LogP contribution in [0, 0.1) is 10.1 Å². The summed E-state index contributed by atoms with van der Waals surface area (Å²) in [6, 6.07) is 7.16. The predicted molar refractivity (Wildman–Crippen MR) is 96.4 cm³/mol. The molecule has 1 aromatic carbocycles. The summed E-state index contributed by atoms with van der Waals surface area (Å²) in [5.74, 6) is -0.659. The number of furan rings is 1. The van der Waals surface area contributed by atoms with Crippen LogP contribution in [-0.2, 0) is 4.74 Å². The SMILES string of the molecule is O=C(NNC(=O)c1ccco1)c1ccc(SCC2CCCO2)c([N+](=O)[O-])c1. The van der Waals surface area contributed by atoms with E-state index in [2.05, 4.69) is 10.9 Å². The molecular formula is C17H17N3O6S. The molecule has 1 aliphatic heterocycles. The van der Waals surface area contributed by atoms with E-state index in [1.165, 1.54) is 48.4 Å². The average Bonchev–Trinajstić information content (AvgIpc) is 3.37. The maximum absolute atomic E-state index is 12.2. The first-order valence-corrected chi connectivity index (χ1v) is 9.20. The summed E-state index contributed by atoms with van der Waals surface area (Å²) in [4.78, 5) is 35.2. The Morgan fingerprint density at radius 2 is 2.07 bits per heavy atom. The number of hydrogen-bond donors (Lipinski definition) is 2. The minimum absolute atomic E-state index is 0.0298. The van der Waals surface area contributed by atoms with E-state index in [1.54, 1.807) is 0 Å². The van der Waals surface area contributed by atoms with E-state index in [4.69, 9.17) is 9.15 Å². The summed E-state index contributed by atoms with van der Waals surface area (Å²) >= 11 is 1.33. The highest BCUT2D eigenvalue weighted by Crippen LogP contribution is 2.32. The molecule has 1 atom stereocenters. The van der Waals surface area contributed by atoms with E-state index in [-0.39, 0.29) is 23.1 Å². The lowest BCUT2D eigenvalue weighted by atomic mass is 10.2. The molecule has 2 heterocycles. The van der Waals surface area contributed by atoms with Crippen LogP contribution < -0.4 is 10.9 Å². The van der Waals surface area contributed by atoms with Crippen molar-refractivity contribution in [3.8, 4) is 0 Å². The van der Waals surface area contributed by atoms with Crippen LogP contribution in [0.5, 0.6) is 0 Å². The molecule has 2 N–H and O–H groups in total. The van der Waals surface area contributed by atoms with Gasteiger partial charge in [-0.05, 0) is 37.1 Å². The summed E-state index contributed by atoms with van der Waals surface area (Å²) < 4.78 is 10.4. The summed E-state index contributed by atoms with van der Waals surface area (Å²) in [6.07, 6.45) is 3.36. The average molecular weight is 391 g/mol. The summed E-state index contributed by atoms with van der Waals surface area (Å²) in [6.45, 7) is 0.718.